The van der Waals surface area contributed by atoms with E-state index in [1.165, 1.54) is 17.3 Å². The zero-order chi connectivity index (χ0) is 22.1. The molecule has 2 aromatic rings. The molecule has 166 valence electrons. The highest BCUT2D eigenvalue weighted by Gasteiger charge is 2.19. The van der Waals surface area contributed by atoms with Gasteiger partial charge in [0.2, 0.25) is 5.91 Å². The van der Waals surface area contributed by atoms with Gasteiger partial charge in [0.15, 0.2) is 11.0 Å². The molecule has 0 bridgehead atoms. The first-order valence-electron chi connectivity index (χ1n) is 11.0. The maximum absolute atomic E-state index is 13.0. The Morgan fingerprint density at radius 3 is 2.40 bits per heavy atom. The fraction of sp³-hybridized carbons (Fsp3) is 0.609. The molecule has 0 radical (unpaired) electrons. The Kier molecular flexibility index (Phi) is 9.85. The number of rotatable bonds is 12. The second-order valence-corrected chi connectivity index (χ2v) is 8.86. The fourth-order valence-electron chi connectivity index (χ4n) is 3.48. The minimum Gasteiger partial charge on any atom is -0.340 e. The summed E-state index contributed by atoms with van der Waals surface area (Å²) in [5.41, 5.74) is 2.26. The first-order valence-corrected chi connectivity index (χ1v) is 12.0. The molecule has 7 heteroatoms. The van der Waals surface area contributed by atoms with Crippen molar-refractivity contribution < 1.29 is 4.79 Å². The van der Waals surface area contributed by atoms with Gasteiger partial charge in [0.05, 0.1) is 5.75 Å². The van der Waals surface area contributed by atoms with E-state index in [0.717, 1.165) is 55.8 Å². The smallest absolute Gasteiger partial charge is 0.233 e. The Morgan fingerprint density at radius 1 is 1.10 bits per heavy atom. The Labute approximate surface area is 186 Å². The zero-order valence-electron chi connectivity index (χ0n) is 19.4. The normalized spacial score (nSPS) is 11.5. The number of carbonyl (C=O) groups is 1. The van der Waals surface area contributed by atoms with Gasteiger partial charge >= 0.3 is 0 Å². The van der Waals surface area contributed by atoms with E-state index in [1.807, 2.05) is 17.0 Å². The minimum atomic E-state index is 0.170. The van der Waals surface area contributed by atoms with Crippen LogP contribution in [0.4, 0.5) is 0 Å². The van der Waals surface area contributed by atoms with E-state index in [1.54, 1.807) is 0 Å². The van der Waals surface area contributed by atoms with Crippen LogP contribution in [0.1, 0.15) is 40.2 Å². The molecule has 2 rings (SSSR count). The van der Waals surface area contributed by atoms with Crippen molar-refractivity contribution in [2.24, 2.45) is 5.92 Å². The van der Waals surface area contributed by atoms with Gasteiger partial charge in [-0.05, 0) is 38.4 Å². The molecule has 0 atom stereocenters. The first-order chi connectivity index (χ1) is 14.4. The molecule has 0 aliphatic carbocycles. The average Bonchev–Trinajstić information content (AvgIpc) is 3.14. The van der Waals surface area contributed by atoms with Crippen LogP contribution in [0.5, 0.6) is 0 Å². The monoisotopic (exact) mass is 431 g/mol. The van der Waals surface area contributed by atoms with Gasteiger partial charge in [0.1, 0.15) is 0 Å². The van der Waals surface area contributed by atoms with E-state index in [0.29, 0.717) is 11.7 Å². The van der Waals surface area contributed by atoms with Crippen LogP contribution in [0.25, 0.3) is 11.4 Å². The summed E-state index contributed by atoms with van der Waals surface area (Å²) < 4.78 is 2.10. The van der Waals surface area contributed by atoms with Crippen molar-refractivity contribution in [3.8, 4) is 11.4 Å². The Balaban J connectivity index is 2.08. The number of likely N-dealkylation sites (N-methyl/N-ethyl adjacent to an activating group) is 1. The lowest BCUT2D eigenvalue weighted by Crippen LogP contribution is -2.41. The number of hydrogen-bond acceptors (Lipinski definition) is 5. The molecule has 0 spiro atoms. The van der Waals surface area contributed by atoms with Crippen LogP contribution in [0.15, 0.2) is 29.4 Å². The molecule has 0 N–H and O–H groups in total. The molecule has 0 fully saturated rings. The largest absolute Gasteiger partial charge is 0.340 e. The highest BCUT2D eigenvalue weighted by molar-refractivity contribution is 7.99. The van der Waals surface area contributed by atoms with Gasteiger partial charge in [-0.1, -0.05) is 63.7 Å². The van der Waals surface area contributed by atoms with E-state index >= 15 is 0 Å². The number of carbonyl (C=O) groups excluding carboxylic acids is 1. The molecule has 1 aromatic heterocycles. The highest BCUT2D eigenvalue weighted by atomic mass is 32.2. The summed E-state index contributed by atoms with van der Waals surface area (Å²) in [6.07, 6.45) is 0. The van der Waals surface area contributed by atoms with Gasteiger partial charge in [-0.25, -0.2) is 0 Å². The molecule has 0 aliphatic rings. The number of amides is 1. The van der Waals surface area contributed by atoms with Crippen LogP contribution in [0.3, 0.4) is 0 Å². The van der Waals surface area contributed by atoms with Gasteiger partial charge in [-0.3, -0.25) is 4.79 Å². The lowest BCUT2D eigenvalue weighted by atomic mass is 10.1. The summed E-state index contributed by atoms with van der Waals surface area (Å²) in [7, 11) is 0. The molecular formula is C23H37N5OS. The van der Waals surface area contributed by atoms with Crippen molar-refractivity contribution in [1.82, 2.24) is 24.6 Å². The van der Waals surface area contributed by atoms with E-state index < -0.39 is 0 Å². The summed E-state index contributed by atoms with van der Waals surface area (Å²) in [6.45, 7) is 18.1. The Bertz CT molecular complexity index is 801. The molecule has 0 unspecified atom stereocenters. The molecule has 1 amide bonds. The van der Waals surface area contributed by atoms with Crippen molar-refractivity contribution in [1.29, 1.82) is 0 Å². The number of benzene rings is 1. The SMILES string of the molecule is CCN(CC)CCN(CC(C)C)C(=O)CSc1nnc(-c2ccccc2C)n1CC. The van der Waals surface area contributed by atoms with Crippen molar-refractivity contribution in [3.63, 3.8) is 0 Å². The summed E-state index contributed by atoms with van der Waals surface area (Å²) in [6, 6.07) is 8.21. The number of aryl methyl sites for hydroxylation is 1. The fourth-order valence-corrected chi connectivity index (χ4v) is 4.39. The standard InChI is InChI=1S/C23H37N5OS/c1-7-26(8-2)14-15-27(16-18(4)5)21(29)17-30-23-25-24-22(28(23)9-3)20-13-11-10-12-19(20)6/h10-13,18H,7-9,14-17H2,1-6H3. The van der Waals surface area contributed by atoms with Crippen molar-refractivity contribution in [3.05, 3.63) is 29.8 Å². The molecule has 0 saturated carbocycles. The van der Waals surface area contributed by atoms with Crippen LogP contribution in [-0.4, -0.2) is 68.9 Å². The van der Waals surface area contributed by atoms with E-state index in [4.69, 9.17) is 0 Å². The molecule has 6 nitrogen and oxygen atoms in total. The summed E-state index contributed by atoms with van der Waals surface area (Å²) >= 11 is 1.49. The zero-order valence-corrected chi connectivity index (χ0v) is 20.2. The highest BCUT2D eigenvalue weighted by Crippen LogP contribution is 2.26. The molecule has 0 saturated heterocycles. The molecular weight excluding hydrogens is 394 g/mol. The molecule has 0 aliphatic heterocycles. The maximum Gasteiger partial charge on any atom is 0.233 e. The predicted octanol–water partition coefficient (Wildman–Crippen LogP) is 4.19. The summed E-state index contributed by atoms with van der Waals surface area (Å²) in [4.78, 5) is 17.4. The molecule has 1 aromatic carbocycles. The quantitative estimate of drug-likeness (QED) is 0.472. The van der Waals surface area contributed by atoms with Gasteiger partial charge < -0.3 is 14.4 Å². The second-order valence-electron chi connectivity index (χ2n) is 7.91. The van der Waals surface area contributed by atoms with Crippen LogP contribution in [0, 0.1) is 12.8 Å². The number of hydrogen-bond donors (Lipinski definition) is 0. The Hall–Kier alpha value is -1.86. The third-order valence-electron chi connectivity index (χ3n) is 5.26. The van der Waals surface area contributed by atoms with Crippen molar-refractivity contribution >= 4 is 17.7 Å². The summed E-state index contributed by atoms with van der Waals surface area (Å²) in [5.74, 6) is 1.87. The van der Waals surface area contributed by atoms with Crippen molar-refractivity contribution in [2.45, 2.75) is 53.2 Å². The maximum atomic E-state index is 13.0. The average molecular weight is 432 g/mol. The lowest BCUT2D eigenvalue weighted by molar-refractivity contribution is -0.129. The van der Waals surface area contributed by atoms with Gasteiger partial charge in [-0.2, -0.15) is 0 Å². The number of thioether (sulfide) groups is 1. The number of nitrogens with zero attached hydrogens (tertiary/aromatic N) is 5. The molecule has 1 heterocycles. The van der Waals surface area contributed by atoms with Crippen LogP contribution in [-0.2, 0) is 11.3 Å². The first kappa shape index (κ1) is 24.4. The van der Waals surface area contributed by atoms with Gasteiger partial charge in [-0.15, -0.1) is 10.2 Å². The second kappa shape index (κ2) is 12.1. The minimum absolute atomic E-state index is 0.170. The van der Waals surface area contributed by atoms with Crippen molar-refractivity contribution in [2.75, 3.05) is 38.5 Å². The third kappa shape index (κ3) is 6.57. The van der Waals surface area contributed by atoms with Crippen LogP contribution in [0.2, 0.25) is 0 Å². The Morgan fingerprint density at radius 2 is 1.80 bits per heavy atom. The van der Waals surface area contributed by atoms with E-state index in [9.17, 15) is 4.79 Å². The van der Waals surface area contributed by atoms with Gasteiger partial charge in [0.25, 0.3) is 0 Å². The topological polar surface area (TPSA) is 54.3 Å². The van der Waals surface area contributed by atoms with Crippen LogP contribution < -0.4 is 0 Å². The van der Waals surface area contributed by atoms with Crippen LogP contribution >= 0.6 is 11.8 Å². The molecule has 30 heavy (non-hydrogen) atoms. The number of aromatic nitrogens is 3. The van der Waals surface area contributed by atoms with E-state index in [-0.39, 0.29) is 5.91 Å². The third-order valence-corrected chi connectivity index (χ3v) is 6.21. The lowest BCUT2D eigenvalue weighted by Gasteiger charge is -2.27. The summed E-state index contributed by atoms with van der Waals surface area (Å²) in [5, 5.41) is 9.63. The van der Waals surface area contributed by atoms with Gasteiger partial charge in [0, 0.05) is 31.7 Å². The van der Waals surface area contributed by atoms with E-state index in [2.05, 4.69) is 73.3 Å². The predicted molar refractivity (Wildman–Crippen MR) is 126 cm³/mol.